The van der Waals surface area contributed by atoms with Crippen LogP contribution in [0.3, 0.4) is 0 Å². The van der Waals surface area contributed by atoms with Crippen molar-refractivity contribution in [1.29, 1.82) is 0 Å². The van der Waals surface area contributed by atoms with Gasteiger partial charge in [0.2, 0.25) is 0 Å². The average molecular weight is 319 g/mol. The van der Waals surface area contributed by atoms with Crippen LogP contribution in [-0.4, -0.2) is 41.6 Å². The molecule has 0 unspecified atom stereocenters. The number of benzene rings is 1. The fraction of sp³-hybridized carbons (Fsp3) is 0.368. The average Bonchev–Trinajstić information content (AvgIpc) is 2.98. The first-order chi connectivity index (χ1) is 11.8. The molecule has 0 spiro atoms. The summed E-state index contributed by atoms with van der Waals surface area (Å²) in [5.41, 5.74) is 2.67. The molecule has 5 heteroatoms. The lowest BCUT2D eigenvalue weighted by molar-refractivity contribution is 0.527. The van der Waals surface area contributed by atoms with Gasteiger partial charge in [-0.2, -0.15) is 0 Å². The van der Waals surface area contributed by atoms with Gasteiger partial charge in [0.15, 0.2) is 0 Å². The highest BCUT2D eigenvalue weighted by Crippen LogP contribution is 2.58. The van der Waals surface area contributed by atoms with Crippen molar-refractivity contribution in [1.82, 2.24) is 15.0 Å². The molecule has 2 fully saturated rings. The van der Waals surface area contributed by atoms with Gasteiger partial charge < -0.3 is 14.8 Å². The van der Waals surface area contributed by atoms with E-state index in [2.05, 4.69) is 68.2 Å². The predicted octanol–water partition coefficient (Wildman–Crippen LogP) is 2.92. The Morgan fingerprint density at radius 2 is 2.12 bits per heavy atom. The zero-order valence-electron chi connectivity index (χ0n) is 13.8. The highest BCUT2D eigenvalue weighted by Gasteiger charge is 2.60. The van der Waals surface area contributed by atoms with Gasteiger partial charge in [-0.3, -0.25) is 0 Å². The molecular weight excluding hydrogens is 298 g/mol. The normalized spacial score (nSPS) is 25.0. The van der Waals surface area contributed by atoms with Crippen molar-refractivity contribution < 1.29 is 0 Å². The van der Waals surface area contributed by atoms with Crippen LogP contribution in [0, 0.1) is 11.3 Å². The Morgan fingerprint density at radius 3 is 3.00 bits per heavy atom. The van der Waals surface area contributed by atoms with Crippen LogP contribution in [0.4, 0.5) is 11.5 Å². The minimum absolute atomic E-state index is 0.415. The number of fused-ring (bicyclic) bond motifs is 2. The van der Waals surface area contributed by atoms with E-state index in [0.29, 0.717) is 5.41 Å². The smallest absolute Gasteiger partial charge is 0.142 e. The van der Waals surface area contributed by atoms with Crippen LogP contribution >= 0.6 is 0 Å². The van der Waals surface area contributed by atoms with E-state index < -0.39 is 0 Å². The van der Waals surface area contributed by atoms with E-state index in [1.165, 1.54) is 18.7 Å². The first-order valence-corrected chi connectivity index (χ1v) is 8.54. The number of aromatic amines is 1. The van der Waals surface area contributed by atoms with Gasteiger partial charge in [0.1, 0.15) is 17.8 Å². The van der Waals surface area contributed by atoms with Crippen molar-refractivity contribution in [3.8, 4) is 0 Å². The van der Waals surface area contributed by atoms with Crippen molar-refractivity contribution in [2.24, 2.45) is 11.3 Å². The zero-order valence-corrected chi connectivity index (χ0v) is 13.8. The van der Waals surface area contributed by atoms with Crippen molar-refractivity contribution in [2.45, 2.75) is 6.42 Å². The van der Waals surface area contributed by atoms with Crippen molar-refractivity contribution in [3.05, 3.63) is 48.9 Å². The summed E-state index contributed by atoms with van der Waals surface area (Å²) < 4.78 is 0. The summed E-state index contributed by atoms with van der Waals surface area (Å²) in [6.45, 7) is 3.38. The van der Waals surface area contributed by atoms with Gasteiger partial charge in [-0.25, -0.2) is 9.97 Å². The van der Waals surface area contributed by atoms with Crippen LogP contribution in [0.1, 0.15) is 6.42 Å². The summed E-state index contributed by atoms with van der Waals surface area (Å²) in [6.07, 6.45) is 4.92. The molecule has 1 saturated carbocycles. The molecule has 122 valence electrons. The molecule has 3 aromatic rings. The molecule has 2 atom stereocenters. The van der Waals surface area contributed by atoms with Crippen molar-refractivity contribution in [2.75, 3.05) is 36.5 Å². The van der Waals surface area contributed by atoms with E-state index in [0.717, 1.165) is 35.9 Å². The lowest BCUT2D eigenvalue weighted by atomic mass is 10.1. The van der Waals surface area contributed by atoms with E-state index in [-0.39, 0.29) is 0 Å². The first kappa shape index (κ1) is 13.8. The van der Waals surface area contributed by atoms with Crippen LogP contribution in [0.15, 0.2) is 48.9 Å². The van der Waals surface area contributed by atoms with Crippen molar-refractivity contribution in [3.63, 3.8) is 0 Å². The predicted molar refractivity (Wildman–Crippen MR) is 96.4 cm³/mol. The second-order valence-corrected chi connectivity index (χ2v) is 7.27. The van der Waals surface area contributed by atoms with Gasteiger partial charge in [0.25, 0.3) is 0 Å². The number of aromatic nitrogens is 3. The number of nitrogens with one attached hydrogen (secondary N) is 1. The molecule has 1 saturated heterocycles. The molecule has 5 nitrogen and oxygen atoms in total. The first-order valence-electron chi connectivity index (χ1n) is 8.54. The van der Waals surface area contributed by atoms with Gasteiger partial charge in [-0.05, 0) is 30.5 Å². The van der Waals surface area contributed by atoms with Gasteiger partial charge >= 0.3 is 0 Å². The molecule has 3 heterocycles. The maximum atomic E-state index is 4.53. The topological polar surface area (TPSA) is 48.1 Å². The molecule has 2 aliphatic rings. The Balaban J connectivity index is 1.36. The van der Waals surface area contributed by atoms with E-state index in [4.69, 9.17) is 0 Å². The van der Waals surface area contributed by atoms with Crippen LogP contribution in [0.2, 0.25) is 0 Å². The molecule has 1 N–H and O–H groups in total. The molecule has 0 bridgehead atoms. The highest BCUT2D eigenvalue weighted by molar-refractivity contribution is 5.87. The monoisotopic (exact) mass is 319 g/mol. The number of para-hydroxylation sites is 1. The second kappa shape index (κ2) is 4.97. The largest absolute Gasteiger partial charge is 0.371 e. The molecule has 1 aliphatic carbocycles. The second-order valence-electron chi connectivity index (χ2n) is 7.27. The summed E-state index contributed by atoms with van der Waals surface area (Å²) in [7, 11) is 2.16. The Bertz CT molecular complexity index is 874. The van der Waals surface area contributed by atoms with E-state index in [1.54, 1.807) is 6.33 Å². The summed E-state index contributed by atoms with van der Waals surface area (Å²) in [4.78, 5) is 16.8. The number of rotatable bonds is 4. The lowest BCUT2D eigenvalue weighted by Gasteiger charge is -2.27. The van der Waals surface area contributed by atoms with Crippen molar-refractivity contribution >= 4 is 22.5 Å². The summed E-state index contributed by atoms with van der Waals surface area (Å²) in [5, 5.41) is 1.10. The fourth-order valence-electron chi connectivity index (χ4n) is 4.38. The molecule has 0 radical (unpaired) electrons. The number of piperidine rings is 1. The van der Waals surface area contributed by atoms with Gasteiger partial charge in [-0.1, -0.05) is 18.2 Å². The van der Waals surface area contributed by atoms with Gasteiger partial charge in [0.05, 0.1) is 5.39 Å². The standard InChI is InChI=1S/C19H21N5/c1-23(18-16-7-8-20-17(16)21-13-22-18)11-19-9-14(19)10-24(12-19)15-5-3-2-4-6-15/h2-8,13-14H,9-12H2,1H3,(H,20,21,22)/t14-,19+/m0/s1. The minimum Gasteiger partial charge on any atom is -0.371 e. The SMILES string of the molecule is CN(C[C@@]12C[C@H]1CN(c1ccccc1)C2)c1ncnc2[nH]ccc12. The Kier molecular flexibility index (Phi) is 2.86. The van der Waals surface area contributed by atoms with Crippen LogP contribution in [0.5, 0.6) is 0 Å². The molecule has 1 aliphatic heterocycles. The highest BCUT2D eigenvalue weighted by atomic mass is 15.2. The van der Waals surface area contributed by atoms with Gasteiger partial charge in [-0.15, -0.1) is 0 Å². The quantitative estimate of drug-likeness (QED) is 0.803. The molecule has 2 aromatic heterocycles. The number of anilines is 2. The third-order valence-corrected chi connectivity index (χ3v) is 5.67. The third kappa shape index (κ3) is 2.08. The molecular formula is C19H21N5. The van der Waals surface area contributed by atoms with E-state index in [1.807, 2.05) is 6.20 Å². The molecule has 24 heavy (non-hydrogen) atoms. The summed E-state index contributed by atoms with van der Waals surface area (Å²) in [5.74, 6) is 1.84. The molecule has 1 aromatic carbocycles. The fourth-order valence-corrected chi connectivity index (χ4v) is 4.38. The Labute approximate surface area is 141 Å². The molecule has 5 rings (SSSR count). The summed E-state index contributed by atoms with van der Waals surface area (Å²) in [6, 6.07) is 12.8. The zero-order chi connectivity index (χ0) is 16.1. The van der Waals surface area contributed by atoms with E-state index >= 15 is 0 Å². The van der Waals surface area contributed by atoms with Gasteiger partial charge in [0, 0.05) is 44.0 Å². The number of nitrogens with zero attached hydrogens (tertiary/aromatic N) is 4. The third-order valence-electron chi connectivity index (χ3n) is 5.67. The maximum Gasteiger partial charge on any atom is 0.142 e. The van der Waals surface area contributed by atoms with Crippen LogP contribution in [-0.2, 0) is 0 Å². The number of H-pyrrole nitrogens is 1. The van der Waals surface area contributed by atoms with Crippen LogP contribution in [0.25, 0.3) is 11.0 Å². The minimum atomic E-state index is 0.415. The summed E-state index contributed by atoms with van der Waals surface area (Å²) >= 11 is 0. The maximum absolute atomic E-state index is 4.53. The Hall–Kier alpha value is -2.56. The Morgan fingerprint density at radius 1 is 1.25 bits per heavy atom. The van der Waals surface area contributed by atoms with E-state index in [9.17, 15) is 0 Å². The number of hydrogen-bond donors (Lipinski definition) is 1. The number of hydrogen-bond acceptors (Lipinski definition) is 4. The molecule has 0 amide bonds. The van der Waals surface area contributed by atoms with Crippen LogP contribution < -0.4 is 9.80 Å². The lowest BCUT2D eigenvalue weighted by Crippen LogP contribution is -2.32.